The number of carbonyl (C=O) groups excluding carboxylic acids is 1. The van der Waals surface area contributed by atoms with Crippen LogP contribution in [0.2, 0.25) is 0 Å². The lowest BCUT2D eigenvalue weighted by molar-refractivity contribution is 0.0714. The van der Waals surface area contributed by atoms with Gasteiger partial charge in [0.1, 0.15) is 12.7 Å². The fraction of sp³-hybridized carbons (Fsp3) is 0.235. The van der Waals surface area contributed by atoms with Gasteiger partial charge in [-0.05, 0) is 30.3 Å². The number of piperazine rings is 1. The van der Waals surface area contributed by atoms with Crippen molar-refractivity contribution in [1.29, 1.82) is 0 Å². The third-order valence-corrected chi connectivity index (χ3v) is 4.34. The monoisotopic (exact) mass is 338 g/mol. The minimum Gasteiger partial charge on any atom is -0.459 e. The zero-order valence-corrected chi connectivity index (χ0v) is 13.6. The van der Waals surface area contributed by atoms with Crippen LogP contribution < -0.4 is 10.6 Å². The lowest BCUT2D eigenvalue weighted by atomic mass is 10.2. The van der Waals surface area contributed by atoms with Gasteiger partial charge in [-0.15, -0.1) is 10.2 Å². The first-order valence-corrected chi connectivity index (χ1v) is 8.04. The largest absolute Gasteiger partial charge is 0.459 e. The highest BCUT2D eigenvalue weighted by Gasteiger charge is 2.25. The molecular formula is C17H18N6O2. The number of nitrogen functional groups attached to an aromatic ring is 1. The van der Waals surface area contributed by atoms with E-state index in [0.717, 1.165) is 24.5 Å². The first kappa shape index (κ1) is 15.3. The highest BCUT2D eigenvalue weighted by molar-refractivity contribution is 5.91. The number of aromatic nitrogens is 3. The minimum absolute atomic E-state index is 0.0685. The summed E-state index contributed by atoms with van der Waals surface area (Å²) in [7, 11) is 0. The molecule has 0 unspecified atom stereocenters. The summed E-state index contributed by atoms with van der Waals surface area (Å²) in [5, 5.41) is 7.74. The molecule has 0 aliphatic carbocycles. The van der Waals surface area contributed by atoms with Crippen molar-refractivity contribution in [2.24, 2.45) is 0 Å². The van der Waals surface area contributed by atoms with Crippen LogP contribution >= 0.6 is 0 Å². The van der Waals surface area contributed by atoms with Crippen molar-refractivity contribution in [2.45, 2.75) is 0 Å². The van der Waals surface area contributed by atoms with Gasteiger partial charge in [-0.3, -0.25) is 9.36 Å². The summed E-state index contributed by atoms with van der Waals surface area (Å²) < 4.78 is 7.04. The average Bonchev–Trinajstić information content (AvgIpc) is 3.35. The van der Waals surface area contributed by atoms with E-state index in [0.29, 0.717) is 24.5 Å². The maximum absolute atomic E-state index is 12.4. The first-order chi connectivity index (χ1) is 12.2. The summed E-state index contributed by atoms with van der Waals surface area (Å²) in [6.45, 7) is 2.72. The molecule has 2 aromatic heterocycles. The van der Waals surface area contributed by atoms with Crippen LogP contribution in [0.15, 0.2) is 53.7 Å². The molecule has 0 bridgehead atoms. The normalized spacial score (nSPS) is 14.7. The van der Waals surface area contributed by atoms with Gasteiger partial charge in [-0.25, -0.2) is 0 Å². The van der Waals surface area contributed by atoms with Crippen molar-refractivity contribution in [3.8, 4) is 5.69 Å². The van der Waals surface area contributed by atoms with Crippen molar-refractivity contribution >= 4 is 17.3 Å². The minimum atomic E-state index is -0.0685. The Balaban J connectivity index is 1.52. The molecule has 25 heavy (non-hydrogen) atoms. The van der Waals surface area contributed by atoms with E-state index in [1.54, 1.807) is 24.8 Å². The summed E-state index contributed by atoms with van der Waals surface area (Å²) in [5.41, 5.74) is 8.59. The van der Waals surface area contributed by atoms with Crippen molar-refractivity contribution in [2.75, 3.05) is 36.8 Å². The zero-order valence-electron chi connectivity index (χ0n) is 13.6. The SMILES string of the molecule is Nc1ccc(N2CCN(C(=O)c3ccco3)CC2)c(-n2cnnc2)c1. The Morgan fingerprint density at radius 1 is 1.04 bits per heavy atom. The van der Waals surface area contributed by atoms with Crippen LogP contribution in [0.25, 0.3) is 5.69 Å². The summed E-state index contributed by atoms with van der Waals surface area (Å²) in [6.07, 6.45) is 4.81. The number of amides is 1. The Bertz CT molecular complexity index is 851. The van der Waals surface area contributed by atoms with Crippen molar-refractivity contribution in [1.82, 2.24) is 19.7 Å². The van der Waals surface area contributed by atoms with Gasteiger partial charge in [-0.2, -0.15) is 0 Å². The standard InChI is InChI=1S/C17H18N6O2/c18-13-3-4-14(15(10-13)23-11-19-20-12-23)21-5-7-22(8-6-21)17(24)16-2-1-9-25-16/h1-4,9-12H,5-8,18H2. The van der Waals surface area contributed by atoms with Crippen LogP contribution in [0, 0.1) is 0 Å². The van der Waals surface area contributed by atoms with Gasteiger partial charge in [0.25, 0.3) is 5.91 Å². The second kappa shape index (κ2) is 6.31. The second-order valence-corrected chi connectivity index (χ2v) is 5.87. The van der Waals surface area contributed by atoms with Crippen LogP contribution in [0.4, 0.5) is 11.4 Å². The molecule has 0 atom stereocenters. The molecule has 1 aliphatic heterocycles. The van der Waals surface area contributed by atoms with E-state index >= 15 is 0 Å². The van der Waals surface area contributed by atoms with E-state index < -0.39 is 0 Å². The summed E-state index contributed by atoms with van der Waals surface area (Å²) in [6, 6.07) is 9.19. The molecule has 1 aromatic carbocycles. The Hall–Kier alpha value is -3.29. The number of hydrogen-bond donors (Lipinski definition) is 1. The first-order valence-electron chi connectivity index (χ1n) is 8.04. The lowest BCUT2D eigenvalue weighted by Crippen LogP contribution is -2.49. The number of hydrogen-bond acceptors (Lipinski definition) is 6. The van der Waals surface area contributed by atoms with Crippen LogP contribution in [0.1, 0.15) is 10.6 Å². The van der Waals surface area contributed by atoms with Gasteiger partial charge in [0, 0.05) is 31.9 Å². The molecule has 2 N–H and O–H groups in total. The fourth-order valence-corrected chi connectivity index (χ4v) is 3.05. The molecule has 0 spiro atoms. The molecule has 8 nitrogen and oxygen atoms in total. The highest BCUT2D eigenvalue weighted by atomic mass is 16.3. The quantitative estimate of drug-likeness (QED) is 0.726. The molecule has 4 rings (SSSR count). The molecule has 1 saturated heterocycles. The predicted molar refractivity (Wildman–Crippen MR) is 92.6 cm³/mol. The number of rotatable bonds is 3. The zero-order chi connectivity index (χ0) is 17.2. The van der Waals surface area contributed by atoms with Gasteiger partial charge < -0.3 is 20.0 Å². The summed E-state index contributed by atoms with van der Waals surface area (Å²) in [4.78, 5) is 16.4. The number of nitrogens with two attached hydrogens (primary N) is 1. The molecule has 128 valence electrons. The Morgan fingerprint density at radius 3 is 2.48 bits per heavy atom. The average molecular weight is 338 g/mol. The molecule has 0 radical (unpaired) electrons. The molecule has 0 saturated carbocycles. The van der Waals surface area contributed by atoms with Crippen LogP contribution in [-0.2, 0) is 0 Å². The fourth-order valence-electron chi connectivity index (χ4n) is 3.05. The topological polar surface area (TPSA) is 93.4 Å². The molecule has 1 amide bonds. The number of nitrogens with zero attached hydrogens (tertiary/aromatic N) is 5. The van der Waals surface area contributed by atoms with E-state index in [-0.39, 0.29) is 5.91 Å². The van der Waals surface area contributed by atoms with Crippen molar-refractivity contribution in [3.05, 3.63) is 55.0 Å². The van der Waals surface area contributed by atoms with Gasteiger partial charge in [0.2, 0.25) is 0 Å². The number of anilines is 2. The van der Waals surface area contributed by atoms with Crippen molar-refractivity contribution < 1.29 is 9.21 Å². The molecule has 1 aliphatic rings. The molecule has 8 heteroatoms. The lowest BCUT2D eigenvalue weighted by Gasteiger charge is -2.36. The molecule has 3 heterocycles. The maximum Gasteiger partial charge on any atom is 0.289 e. The van der Waals surface area contributed by atoms with Crippen LogP contribution in [-0.4, -0.2) is 51.8 Å². The van der Waals surface area contributed by atoms with Crippen molar-refractivity contribution in [3.63, 3.8) is 0 Å². The third-order valence-electron chi connectivity index (χ3n) is 4.34. The maximum atomic E-state index is 12.4. The number of furan rings is 1. The van der Waals surface area contributed by atoms with Gasteiger partial charge >= 0.3 is 0 Å². The Labute approximate surface area is 144 Å². The summed E-state index contributed by atoms with van der Waals surface area (Å²) in [5.74, 6) is 0.312. The van der Waals surface area contributed by atoms with Gasteiger partial charge in [0.05, 0.1) is 17.6 Å². The smallest absolute Gasteiger partial charge is 0.289 e. The summed E-state index contributed by atoms with van der Waals surface area (Å²) >= 11 is 0. The third kappa shape index (κ3) is 2.93. The van der Waals surface area contributed by atoms with Gasteiger partial charge in [-0.1, -0.05) is 0 Å². The van der Waals surface area contributed by atoms with E-state index in [4.69, 9.17) is 10.2 Å². The van der Waals surface area contributed by atoms with E-state index in [1.807, 2.05) is 27.7 Å². The number of benzene rings is 1. The van der Waals surface area contributed by atoms with E-state index in [2.05, 4.69) is 15.1 Å². The second-order valence-electron chi connectivity index (χ2n) is 5.87. The van der Waals surface area contributed by atoms with Gasteiger partial charge in [0.15, 0.2) is 5.76 Å². The Kier molecular flexibility index (Phi) is 3.85. The van der Waals surface area contributed by atoms with Crippen LogP contribution in [0.3, 0.4) is 0 Å². The van der Waals surface area contributed by atoms with E-state index in [9.17, 15) is 4.79 Å². The van der Waals surface area contributed by atoms with E-state index in [1.165, 1.54) is 6.26 Å². The molecular weight excluding hydrogens is 320 g/mol. The Morgan fingerprint density at radius 2 is 1.80 bits per heavy atom. The predicted octanol–water partition coefficient (Wildman–Crippen LogP) is 1.40. The molecule has 3 aromatic rings. The highest BCUT2D eigenvalue weighted by Crippen LogP contribution is 2.27. The number of carbonyl (C=O) groups is 1. The van der Waals surface area contributed by atoms with Crippen LogP contribution in [0.5, 0.6) is 0 Å². The molecule has 1 fully saturated rings.